The Morgan fingerprint density at radius 1 is 1.30 bits per heavy atom. The number of ether oxygens (including phenoxy) is 1. The zero-order valence-corrected chi connectivity index (χ0v) is 15.0. The van der Waals surface area contributed by atoms with E-state index in [1.807, 2.05) is 24.7 Å². The Morgan fingerprint density at radius 2 is 2.07 bits per heavy atom. The molecule has 3 heterocycles. The summed E-state index contributed by atoms with van der Waals surface area (Å²) in [6, 6.07) is 5.61. The largest absolute Gasteiger partial charge is 0.484 e. The molecule has 8 nitrogen and oxygen atoms in total. The van der Waals surface area contributed by atoms with E-state index in [0.717, 1.165) is 17.2 Å². The molecule has 9 heteroatoms. The van der Waals surface area contributed by atoms with Crippen molar-refractivity contribution in [2.24, 2.45) is 7.05 Å². The lowest BCUT2D eigenvalue weighted by Gasteiger charge is -2.32. The predicted molar refractivity (Wildman–Crippen MR) is 94.2 cm³/mol. The van der Waals surface area contributed by atoms with Crippen LogP contribution in [0.4, 0.5) is 4.39 Å². The van der Waals surface area contributed by atoms with Crippen molar-refractivity contribution in [2.75, 3.05) is 13.2 Å². The Hall–Kier alpha value is -3.23. The van der Waals surface area contributed by atoms with E-state index >= 15 is 0 Å². The third kappa shape index (κ3) is 3.40. The fraction of sp³-hybridized carbons (Fsp3) is 0.333. The first-order valence-electron chi connectivity index (χ1n) is 8.60. The number of benzene rings is 1. The highest BCUT2D eigenvalue weighted by Crippen LogP contribution is 2.27. The molecule has 0 aliphatic carbocycles. The standard InChI is InChI=1S/C18H19FN6O2/c1-12-8-24(17(26)11-27-15-5-3-14(19)4-6-15)10-16-21-22-18(25(12)16)13-7-20-23(2)9-13/h3-7,9,12H,8,10-11H2,1-2H3/t12-/m0/s1. The number of nitrogens with zero attached hydrogens (tertiary/aromatic N) is 6. The van der Waals surface area contributed by atoms with E-state index in [9.17, 15) is 9.18 Å². The van der Waals surface area contributed by atoms with Gasteiger partial charge in [0.2, 0.25) is 0 Å². The fourth-order valence-corrected chi connectivity index (χ4v) is 3.22. The van der Waals surface area contributed by atoms with Gasteiger partial charge in [-0.2, -0.15) is 5.10 Å². The maximum Gasteiger partial charge on any atom is 0.260 e. The molecule has 4 rings (SSSR count). The molecule has 3 aromatic rings. The number of rotatable bonds is 4. The molecule has 140 valence electrons. The van der Waals surface area contributed by atoms with Gasteiger partial charge in [0, 0.05) is 19.8 Å². The van der Waals surface area contributed by atoms with Gasteiger partial charge in [-0.05, 0) is 31.2 Å². The lowest BCUT2D eigenvalue weighted by Crippen LogP contribution is -2.42. The maximum absolute atomic E-state index is 12.9. The van der Waals surface area contributed by atoms with Crippen molar-refractivity contribution in [1.82, 2.24) is 29.4 Å². The number of aryl methyl sites for hydroxylation is 1. The number of fused-ring (bicyclic) bond motifs is 1. The summed E-state index contributed by atoms with van der Waals surface area (Å²) >= 11 is 0. The molecule has 0 fully saturated rings. The van der Waals surface area contributed by atoms with Crippen LogP contribution in [0.5, 0.6) is 5.75 Å². The van der Waals surface area contributed by atoms with Gasteiger partial charge in [0.15, 0.2) is 18.3 Å². The Balaban J connectivity index is 1.46. The van der Waals surface area contributed by atoms with Gasteiger partial charge in [-0.15, -0.1) is 10.2 Å². The molecule has 1 atom stereocenters. The van der Waals surface area contributed by atoms with E-state index in [2.05, 4.69) is 15.3 Å². The molecule has 2 aromatic heterocycles. The number of hydrogen-bond acceptors (Lipinski definition) is 5. The summed E-state index contributed by atoms with van der Waals surface area (Å²) in [4.78, 5) is 14.2. The zero-order valence-electron chi connectivity index (χ0n) is 15.0. The van der Waals surface area contributed by atoms with E-state index in [1.165, 1.54) is 24.3 Å². The molecule has 1 aliphatic rings. The van der Waals surface area contributed by atoms with Crippen molar-refractivity contribution < 1.29 is 13.9 Å². The number of aromatic nitrogens is 5. The van der Waals surface area contributed by atoms with Crippen LogP contribution in [0.2, 0.25) is 0 Å². The minimum absolute atomic E-state index is 0.0220. The summed E-state index contributed by atoms with van der Waals surface area (Å²) in [5.41, 5.74) is 0.891. The fourth-order valence-electron chi connectivity index (χ4n) is 3.22. The van der Waals surface area contributed by atoms with Crippen molar-refractivity contribution >= 4 is 5.91 Å². The number of halogens is 1. The van der Waals surface area contributed by atoms with E-state index in [4.69, 9.17) is 4.74 Å². The van der Waals surface area contributed by atoms with Crippen molar-refractivity contribution in [2.45, 2.75) is 19.5 Å². The Bertz CT molecular complexity index is 965. The van der Waals surface area contributed by atoms with Crippen LogP contribution in [0.3, 0.4) is 0 Å². The summed E-state index contributed by atoms with van der Waals surface area (Å²) in [6.07, 6.45) is 3.64. The number of carbonyl (C=O) groups excluding carboxylic acids is 1. The highest BCUT2D eigenvalue weighted by atomic mass is 19.1. The Kier molecular flexibility index (Phi) is 4.35. The van der Waals surface area contributed by atoms with Crippen LogP contribution in [-0.2, 0) is 18.4 Å². The third-order valence-corrected chi connectivity index (χ3v) is 4.52. The van der Waals surface area contributed by atoms with Gasteiger partial charge in [-0.25, -0.2) is 4.39 Å². The average Bonchev–Trinajstić information content (AvgIpc) is 3.27. The lowest BCUT2D eigenvalue weighted by atomic mass is 10.2. The first-order valence-corrected chi connectivity index (χ1v) is 8.60. The van der Waals surface area contributed by atoms with Crippen LogP contribution in [-0.4, -0.2) is 48.5 Å². The van der Waals surface area contributed by atoms with Gasteiger partial charge >= 0.3 is 0 Å². The van der Waals surface area contributed by atoms with Crippen molar-refractivity contribution in [3.8, 4) is 17.1 Å². The molecule has 1 amide bonds. The van der Waals surface area contributed by atoms with Crippen LogP contribution in [0.15, 0.2) is 36.7 Å². The SMILES string of the molecule is C[C@H]1CN(C(=O)COc2ccc(F)cc2)Cc2nnc(-c3cnn(C)c3)n21. The van der Waals surface area contributed by atoms with E-state index in [1.54, 1.807) is 15.8 Å². The molecule has 0 saturated heterocycles. The van der Waals surface area contributed by atoms with Crippen molar-refractivity contribution in [3.63, 3.8) is 0 Å². The predicted octanol–water partition coefficient (Wildman–Crippen LogP) is 1.80. The van der Waals surface area contributed by atoms with Gasteiger partial charge < -0.3 is 14.2 Å². The van der Waals surface area contributed by atoms with Crippen molar-refractivity contribution in [1.29, 1.82) is 0 Å². The molecular weight excluding hydrogens is 351 g/mol. The third-order valence-electron chi connectivity index (χ3n) is 4.52. The quantitative estimate of drug-likeness (QED) is 0.700. The summed E-state index contributed by atoms with van der Waals surface area (Å²) in [5.74, 6) is 1.44. The molecule has 1 aliphatic heterocycles. The number of carbonyl (C=O) groups is 1. The van der Waals surface area contributed by atoms with E-state index < -0.39 is 0 Å². The lowest BCUT2D eigenvalue weighted by molar-refractivity contribution is -0.135. The second-order valence-electron chi connectivity index (χ2n) is 6.58. The Labute approximate surface area is 155 Å². The summed E-state index contributed by atoms with van der Waals surface area (Å²) in [5, 5.41) is 12.7. The summed E-state index contributed by atoms with van der Waals surface area (Å²) in [6.45, 7) is 2.81. The van der Waals surface area contributed by atoms with Crippen LogP contribution < -0.4 is 4.74 Å². The summed E-state index contributed by atoms with van der Waals surface area (Å²) < 4.78 is 22.2. The number of amides is 1. The minimum Gasteiger partial charge on any atom is -0.484 e. The maximum atomic E-state index is 12.9. The highest BCUT2D eigenvalue weighted by Gasteiger charge is 2.30. The van der Waals surface area contributed by atoms with Crippen LogP contribution in [0.1, 0.15) is 18.8 Å². The molecule has 0 radical (unpaired) electrons. The minimum atomic E-state index is -0.345. The second kappa shape index (κ2) is 6.82. The molecule has 0 spiro atoms. The number of hydrogen-bond donors (Lipinski definition) is 0. The first-order chi connectivity index (χ1) is 13.0. The van der Waals surface area contributed by atoms with Crippen LogP contribution in [0, 0.1) is 5.82 Å². The van der Waals surface area contributed by atoms with E-state index in [-0.39, 0.29) is 24.4 Å². The Morgan fingerprint density at radius 3 is 2.78 bits per heavy atom. The normalized spacial score (nSPS) is 16.3. The molecular formula is C18H19FN6O2. The molecule has 0 bridgehead atoms. The van der Waals surface area contributed by atoms with Gasteiger partial charge in [0.1, 0.15) is 11.6 Å². The van der Waals surface area contributed by atoms with E-state index in [0.29, 0.717) is 18.8 Å². The second-order valence-corrected chi connectivity index (χ2v) is 6.58. The van der Waals surface area contributed by atoms with Crippen molar-refractivity contribution in [3.05, 3.63) is 48.3 Å². The van der Waals surface area contributed by atoms with Crippen LogP contribution >= 0.6 is 0 Å². The zero-order chi connectivity index (χ0) is 19.0. The smallest absolute Gasteiger partial charge is 0.260 e. The summed E-state index contributed by atoms with van der Waals surface area (Å²) in [7, 11) is 1.85. The average molecular weight is 370 g/mol. The van der Waals surface area contributed by atoms with Crippen LogP contribution in [0.25, 0.3) is 11.4 Å². The first kappa shape index (κ1) is 17.2. The highest BCUT2D eigenvalue weighted by molar-refractivity contribution is 5.78. The van der Waals surface area contributed by atoms with Gasteiger partial charge in [-0.1, -0.05) is 0 Å². The molecule has 0 saturated carbocycles. The molecule has 0 N–H and O–H groups in total. The van der Waals surface area contributed by atoms with Gasteiger partial charge in [0.05, 0.1) is 24.3 Å². The van der Waals surface area contributed by atoms with Gasteiger partial charge in [0.25, 0.3) is 5.91 Å². The molecule has 0 unspecified atom stereocenters. The van der Waals surface area contributed by atoms with Gasteiger partial charge in [-0.3, -0.25) is 9.48 Å². The molecule has 27 heavy (non-hydrogen) atoms. The topological polar surface area (TPSA) is 78.1 Å². The monoisotopic (exact) mass is 370 g/mol. The molecule has 1 aromatic carbocycles.